The van der Waals surface area contributed by atoms with Gasteiger partial charge in [-0.05, 0) is 27.9 Å². The first kappa shape index (κ1) is 15.2. The maximum absolute atomic E-state index is 9.71. The van der Waals surface area contributed by atoms with E-state index in [0.29, 0.717) is 5.46 Å². The van der Waals surface area contributed by atoms with E-state index in [-0.39, 0.29) is 0 Å². The minimum Gasteiger partial charge on any atom is -0.455 e. The van der Waals surface area contributed by atoms with Crippen LogP contribution in [0, 0.1) is 0 Å². The molecule has 0 saturated carbocycles. The van der Waals surface area contributed by atoms with Crippen molar-refractivity contribution in [2.24, 2.45) is 0 Å². The Morgan fingerprint density at radius 1 is 0.654 bits per heavy atom. The molecule has 5 aromatic rings. The number of para-hydroxylation sites is 2. The first-order valence-electron chi connectivity index (χ1n) is 8.52. The summed E-state index contributed by atoms with van der Waals surface area (Å²) in [5.41, 5.74) is 3.99. The van der Waals surface area contributed by atoms with Crippen LogP contribution in [0.3, 0.4) is 0 Å². The SMILES string of the molecule is OB(O)c1cc(-c2cccc3c2oc2ccccc23)c2ccccc2c1. The van der Waals surface area contributed by atoms with Crippen LogP contribution in [0.1, 0.15) is 0 Å². The van der Waals surface area contributed by atoms with Crippen LogP contribution in [-0.2, 0) is 0 Å². The monoisotopic (exact) mass is 338 g/mol. The van der Waals surface area contributed by atoms with Gasteiger partial charge in [-0.1, -0.05) is 72.8 Å². The zero-order valence-electron chi connectivity index (χ0n) is 13.9. The Kier molecular flexibility index (Phi) is 3.35. The average molecular weight is 338 g/mol. The molecule has 0 amide bonds. The summed E-state index contributed by atoms with van der Waals surface area (Å²) in [6.07, 6.45) is 0. The lowest BCUT2D eigenvalue weighted by Crippen LogP contribution is -2.29. The highest BCUT2D eigenvalue weighted by molar-refractivity contribution is 6.59. The quantitative estimate of drug-likeness (QED) is 0.477. The van der Waals surface area contributed by atoms with E-state index in [1.54, 1.807) is 0 Å². The van der Waals surface area contributed by atoms with Crippen molar-refractivity contribution < 1.29 is 14.5 Å². The molecule has 0 bridgehead atoms. The first-order valence-corrected chi connectivity index (χ1v) is 8.52. The third kappa shape index (κ3) is 2.24. The molecule has 0 atom stereocenters. The van der Waals surface area contributed by atoms with Gasteiger partial charge >= 0.3 is 7.12 Å². The molecule has 1 heterocycles. The Morgan fingerprint density at radius 3 is 2.23 bits per heavy atom. The summed E-state index contributed by atoms with van der Waals surface area (Å²) in [7, 11) is -1.52. The summed E-state index contributed by atoms with van der Waals surface area (Å²) < 4.78 is 6.16. The molecule has 0 aliphatic heterocycles. The highest BCUT2D eigenvalue weighted by Gasteiger charge is 2.18. The molecule has 5 rings (SSSR count). The number of fused-ring (bicyclic) bond motifs is 4. The summed E-state index contributed by atoms with van der Waals surface area (Å²) in [5, 5.41) is 23.6. The van der Waals surface area contributed by atoms with Gasteiger partial charge in [-0.25, -0.2) is 0 Å². The fourth-order valence-corrected chi connectivity index (χ4v) is 3.66. The molecule has 0 aliphatic rings. The van der Waals surface area contributed by atoms with Crippen LogP contribution in [0.15, 0.2) is 83.3 Å². The fourth-order valence-electron chi connectivity index (χ4n) is 3.66. The zero-order chi connectivity index (χ0) is 17.7. The van der Waals surface area contributed by atoms with Gasteiger partial charge in [0.05, 0.1) is 0 Å². The van der Waals surface area contributed by atoms with Gasteiger partial charge in [-0.2, -0.15) is 0 Å². The largest absolute Gasteiger partial charge is 0.488 e. The van der Waals surface area contributed by atoms with E-state index in [1.165, 1.54) is 0 Å². The van der Waals surface area contributed by atoms with Gasteiger partial charge in [0.15, 0.2) is 0 Å². The van der Waals surface area contributed by atoms with Crippen LogP contribution in [-0.4, -0.2) is 17.2 Å². The summed E-state index contributed by atoms with van der Waals surface area (Å²) in [5.74, 6) is 0. The van der Waals surface area contributed by atoms with Gasteiger partial charge in [0.25, 0.3) is 0 Å². The van der Waals surface area contributed by atoms with Crippen molar-refractivity contribution in [2.45, 2.75) is 0 Å². The Balaban J connectivity index is 1.91. The third-order valence-corrected chi connectivity index (χ3v) is 4.88. The average Bonchev–Trinajstić information content (AvgIpc) is 3.06. The van der Waals surface area contributed by atoms with E-state index >= 15 is 0 Å². The maximum Gasteiger partial charge on any atom is 0.488 e. The molecule has 0 fully saturated rings. The highest BCUT2D eigenvalue weighted by atomic mass is 16.4. The number of hydrogen-bond acceptors (Lipinski definition) is 3. The van der Waals surface area contributed by atoms with E-state index in [0.717, 1.165) is 43.8 Å². The first-order chi connectivity index (χ1) is 12.7. The molecule has 0 unspecified atom stereocenters. The molecule has 2 N–H and O–H groups in total. The van der Waals surface area contributed by atoms with Crippen LogP contribution >= 0.6 is 0 Å². The predicted octanol–water partition coefficient (Wildman–Crippen LogP) is 4.09. The molecule has 26 heavy (non-hydrogen) atoms. The van der Waals surface area contributed by atoms with Crippen molar-refractivity contribution in [3.8, 4) is 11.1 Å². The van der Waals surface area contributed by atoms with Crippen molar-refractivity contribution in [1.82, 2.24) is 0 Å². The number of rotatable bonds is 2. The second-order valence-corrected chi connectivity index (χ2v) is 6.44. The van der Waals surface area contributed by atoms with Crippen molar-refractivity contribution in [3.63, 3.8) is 0 Å². The molecule has 4 heteroatoms. The Bertz CT molecular complexity index is 1270. The summed E-state index contributed by atoms with van der Waals surface area (Å²) >= 11 is 0. The van der Waals surface area contributed by atoms with Gasteiger partial charge in [0, 0.05) is 16.3 Å². The zero-order valence-corrected chi connectivity index (χ0v) is 13.9. The third-order valence-electron chi connectivity index (χ3n) is 4.88. The minimum absolute atomic E-state index is 0.465. The topological polar surface area (TPSA) is 53.6 Å². The van der Waals surface area contributed by atoms with Gasteiger partial charge < -0.3 is 14.5 Å². The highest BCUT2D eigenvalue weighted by Crippen LogP contribution is 2.37. The predicted molar refractivity (Wildman–Crippen MR) is 106 cm³/mol. The van der Waals surface area contributed by atoms with E-state index in [4.69, 9.17) is 4.42 Å². The molecule has 0 radical (unpaired) electrons. The van der Waals surface area contributed by atoms with Crippen molar-refractivity contribution >= 4 is 45.3 Å². The fraction of sp³-hybridized carbons (Fsp3) is 0. The van der Waals surface area contributed by atoms with Crippen LogP contribution in [0.25, 0.3) is 43.8 Å². The summed E-state index contributed by atoms with van der Waals surface area (Å²) in [4.78, 5) is 0. The maximum atomic E-state index is 9.71. The molecule has 0 aliphatic carbocycles. The lowest BCUT2D eigenvalue weighted by atomic mass is 9.77. The molecule has 0 spiro atoms. The Morgan fingerprint density at radius 2 is 1.38 bits per heavy atom. The molecule has 124 valence electrons. The number of benzene rings is 4. The van der Waals surface area contributed by atoms with Gasteiger partial charge in [-0.3, -0.25) is 0 Å². The molecule has 4 aromatic carbocycles. The van der Waals surface area contributed by atoms with Crippen LogP contribution < -0.4 is 5.46 Å². The lowest BCUT2D eigenvalue weighted by Gasteiger charge is -2.11. The van der Waals surface area contributed by atoms with E-state index in [1.807, 2.05) is 66.7 Å². The van der Waals surface area contributed by atoms with E-state index in [9.17, 15) is 10.0 Å². The second kappa shape index (κ2) is 5.73. The van der Waals surface area contributed by atoms with Gasteiger partial charge in [0.1, 0.15) is 11.2 Å². The Labute approximate surface area is 150 Å². The van der Waals surface area contributed by atoms with Crippen LogP contribution in [0.5, 0.6) is 0 Å². The standard InChI is InChI=1S/C22H15BO3/c24-23(25)15-12-14-6-1-2-7-16(14)20(13-15)19-10-5-9-18-17-8-3-4-11-21(17)26-22(18)19/h1-13,24-25H. The molecule has 1 aromatic heterocycles. The van der Waals surface area contributed by atoms with Crippen molar-refractivity contribution in [3.05, 3.63) is 78.9 Å². The Hall–Kier alpha value is -3.08. The van der Waals surface area contributed by atoms with Crippen molar-refractivity contribution in [1.29, 1.82) is 0 Å². The van der Waals surface area contributed by atoms with Crippen molar-refractivity contribution in [2.75, 3.05) is 0 Å². The number of hydrogen-bond donors (Lipinski definition) is 2. The van der Waals surface area contributed by atoms with E-state index < -0.39 is 7.12 Å². The summed E-state index contributed by atoms with van der Waals surface area (Å²) in [6, 6.07) is 25.6. The molecule has 3 nitrogen and oxygen atoms in total. The minimum atomic E-state index is -1.52. The normalized spacial score (nSPS) is 11.5. The second-order valence-electron chi connectivity index (χ2n) is 6.44. The molecular weight excluding hydrogens is 323 g/mol. The van der Waals surface area contributed by atoms with Crippen LogP contribution in [0.2, 0.25) is 0 Å². The van der Waals surface area contributed by atoms with Crippen LogP contribution in [0.4, 0.5) is 0 Å². The molecule has 0 saturated heterocycles. The lowest BCUT2D eigenvalue weighted by molar-refractivity contribution is 0.426. The van der Waals surface area contributed by atoms with E-state index in [2.05, 4.69) is 12.1 Å². The smallest absolute Gasteiger partial charge is 0.455 e. The van der Waals surface area contributed by atoms with Gasteiger partial charge in [-0.15, -0.1) is 0 Å². The number of furan rings is 1. The summed E-state index contributed by atoms with van der Waals surface area (Å²) in [6.45, 7) is 0. The molecular formula is C22H15BO3. The van der Waals surface area contributed by atoms with Gasteiger partial charge in [0.2, 0.25) is 0 Å².